The molecule has 6 heteroatoms. The average molecular weight is 170 g/mol. The van der Waals surface area contributed by atoms with E-state index in [2.05, 4.69) is 20.8 Å². The summed E-state index contributed by atoms with van der Waals surface area (Å²) >= 11 is 5.58. The van der Waals surface area contributed by atoms with Gasteiger partial charge in [-0.3, -0.25) is 10.8 Å². The van der Waals surface area contributed by atoms with Gasteiger partial charge in [0.25, 0.3) is 0 Å². The third-order valence-corrected chi connectivity index (χ3v) is 1.60. The number of hydrogen-bond donors (Lipinski definition) is 2. The Balaban J connectivity index is 2.39. The summed E-state index contributed by atoms with van der Waals surface area (Å²) < 4.78 is 0. The lowest BCUT2D eigenvalue weighted by Crippen LogP contribution is -2.27. The first-order valence-electron chi connectivity index (χ1n) is 2.97. The maximum Gasteiger partial charge on any atom is 0.184 e. The molecule has 0 bridgehead atoms. The third-order valence-electron chi connectivity index (χ3n) is 1.41. The highest BCUT2D eigenvalue weighted by Crippen LogP contribution is 2.18. The van der Waals surface area contributed by atoms with Gasteiger partial charge in [0.2, 0.25) is 0 Å². The lowest BCUT2D eigenvalue weighted by molar-refractivity contribution is 0.626. The quantitative estimate of drug-likeness (QED) is 0.554. The number of amidine groups is 1. The second-order valence-electron chi connectivity index (χ2n) is 2.13. The van der Waals surface area contributed by atoms with E-state index in [1.54, 1.807) is 6.08 Å². The van der Waals surface area contributed by atoms with Crippen molar-refractivity contribution in [3.8, 4) is 0 Å². The van der Waals surface area contributed by atoms with E-state index < -0.39 is 0 Å². The number of nitrogens with zero attached hydrogens (tertiary/aromatic N) is 3. The Morgan fingerprint density at radius 3 is 3.27 bits per heavy atom. The number of azo groups is 1. The van der Waals surface area contributed by atoms with Gasteiger partial charge < -0.3 is 0 Å². The number of nitrogens with one attached hydrogen (secondary N) is 2. The van der Waals surface area contributed by atoms with Crippen molar-refractivity contribution < 1.29 is 0 Å². The molecular formula is C5H4ClN5. The maximum absolute atomic E-state index is 7.28. The van der Waals surface area contributed by atoms with Crippen LogP contribution in [0.2, 0.25) is 0 Å². The van der Waals surface area contributed by atoms with E-state index in [0.29, 0.717) is 10.7 Å². The Morgan fingerprint density at radius 2 is 2.45 bits per heavy atom. The van der Waals surface area contributed by atoms with Crippen molar-refractivity contribution in [3.05, 3.63) is 11.6 Å². The van der Waals surface area contributed by atoms with Crippen LogP contribution in [0.5, 0.6) is 0 Å². The van der Waals surface area contributed by atoms with E-state index in [1.807, 2.05) is 0 Å². The van der Waals surface area contributed by atoms with Gasteiger partial charge in [-0.15, -0.1) is 5.11 Å². The van der Waals surface area contributed by atoms with Crippen molar-refractivity contribution in [3.63, 3.8) is 0 Å². The van der Waals surface area contributed by atoms with Crippen molar-refractivity contribution in [1.29, 1.82) is 5.41 Å². The summed E-state index contributed by atoms with van der Waals surface area (Å²) in [6, 6.07) is 0. The molecule has 2 aliphatic rings. The Bertz CT molecular complexity index is 302. The van der Waals surface area contributed by atoms with Crippen molar-refractivity contribution in [2.45, 2.75) is 6.17 Å². The number of halogens is 1. The largest absolute Gasteiger partial charge is 0.281 e. The van der Waals surface area contributed by atoms with Crippen molar-refractivity contribution >= 4 is 22.6 Å². The zero-order valence-corrected chi connectivity index (χ0v) is 6.13. The molecule has 0 saturated heterocycles. The van der Waals surface area contributed by atoms with Crippen LogP contribution in [-0.2, 0) is 0 Å². The molecular weight excluding hydrogens is 166 g/mol. The minimum Gasteiger partial charge on any atom is -0.281 e. The molecule has 56 valence electrons. The molecule has 1 unspecified atom stereocenters. The fourth-order valence-corrected chi connectivity index (χ4v) is 1.06. The van der Waals surface area contributed by atoms with Crippen molar-refractivity contribution in [1.82, 2.24) is 5.43 Å². The van der Waals surface area contributed by atoms with E-state index in [0.717, 1.165) is 0 Å². The maximum atomic E-state index is 7.28. The van der Waals surface area contributed by atoms with Gasteiger partial charge in [-0.1, -0.05) is 11.6 Å². The Kier molecular flexibility index (Phi) is 1.25. The predicted molar refractivity (Wildman–Crippen MR) is 40.9 cm³/mol. The van der Waals surface area contributed by atoms with E-state index >= 15 is 0 Å². The fraction of sp³-hybridized carbons (Fsp3) is 0.200. The molecule has 0 aromatic heterocycles. The zero-order chi connectivity index (χ0) is 7.84. The molecule has 2 aliphatic heterocycles. The normalized spacial score (nSPS) is 27.4. The van der Waals surface area contributed by atoms with Gasteiger partial charge in [0, 0.05) is 5.57 Å². The van der Waals surface area contributed by atoms with E-state index in [4.69, 9.17) is 17.0 Å². The number of rotatable bonds is 0. The van der Waals surface area contributed by atoms with Crippen LogP contribution in [0.3, 0.4) is 0 Å². The Labute approximate surface area is 67.3 Å². The first kappa shape index (κ1) is 6.48. The molecule has 0 saturated carbocycles. The van der Waals surface area contributed by atoms with Gasteiger partial charge in [0.15, 0.2) is 12.0 Å². The summed E-state index contributed by atoms with van der Waals surface area (Å²) in [5.74, 6) is 0.149. The molecule has 0 aromatic rings. The summed E-state index contributed by atoms with van der Waals surface area (Å²) in [7, 11) is 0. The highest BCUT2D eigenvalue weighted by molar-refractivity contribution is 6.68. The van der Waals surface area contributed by atoms with Gasteiger partial charge in [-0.2, -0.15) is 10.2 Å². The second kappa shape index (κ2) is 2.13. The molecule has 2 rings (SSSR count). The average Bonchev–Trinajstić information content (AvgIpc) is 2.33. The molecule has 5 nitrogen and oxygen atoms in total. The SMILES string of the molecule is N=C1N=NC2NN=C(Cl)C=C12. The molecule has 0 radical (unpaired) electrons. The van der Waals surface area contributed by atoms with Gasteiger partial charge >= 0.3 is 0 Å². The van der Waals surface area contributed by atoms with Gasteiger partial charge in [0.1, 0.15) is 5.17 Å². The van der Waals surface area contributed by atoms with E-state index in [1.165, 1.54) is 0 Å². The summed E-state index contributed by atoms with van der Waals surface area (Å²) in [4.78, 5) is 0. The number of hydrazone groups is 1. The standard InChI is InChI=1S/C5H4ClN5/c6-3-1-2-4(7)9-11-5(2)10-8-3/h1,5,7,10H. The topological polar surface area (TPSA) is 73.0 Å². The minimum atomic E-state index is -0.301. The monoisotopic (exact) mass is 169 g/mol. The first-order valence-corrected chi connectivity index (χ1v) is 3.35. The van der Waals surface area contributed by atoms with Gasteiger partial charge in [0.05, 0.1) is 0 Å². The van der Waals surface area contributed by atoms with Crippen LogP contribution in [0.4, 0.5) is 0 Å². The minimum absolute atomic E-state index is 0.149. The number of allylic oxidation sites excluding steroid dienone is 1. The lowest BCUT2D eigenvalue weighted by atomic mass is 10.2. The van der Waals surface area contributed by atoms with E-state index in [9.17, 15) is 0 Å². The Morgan fingerprint density at radius 1 is 1.64 bits per heavy atom. The van der Waals surface area contributed by atoms with Crippen LogP contribution < -0.4 is 5.43 Å². The van der Waals surface area contributed by atoms with Crippen molar-refractivity contribution in [2.75, 3.05) is 0 Å². The molecule has 2 heterocycles. The molecule has 0 aromatic carbocycles. The number of hydrogen-bond acceptors (Lipinski definition) is 4. The molecule has 1 atom stereocenters. The molecule has 0 spiro atoms. The highest BCUT2D eigenvalue weighted by Gasteiger charge is 2.26. The summed E-state index contributed by atoms with van der Waals surface area (Å²) in [6.45, 7) is 0. The van der Waals surface area contributed by atoms with Gasteiger partial charge in [-0.25, -0.2) is 0 Å². The van der Waals surface area contributed by atoms with Crippen LogP contribution in [0, 0.1) is 5.41 Å². The molecule has 0 amide bonds. The fourth-order valence-electron chi connectivity index (χ4n) is 0.891. The first-order chi connectivity index (χ1) is 5.27. The van der Waals surface area contributed by atoms with Crippen LogP contribution in [-0.4, -0.2) is 17.2 Å². The highest BCUT2D eigenvalue weighted by atomic mass is 35.5. The second-order valence-corrected chi connectivity index (χ2v) is 2.52. The summed E-state index contributed by atoms with van der Waals surface area (Å²) in [5.41, 5.74) is 3.32. The van der Waals surface area contributed by atoms with Crippen LogP contribution in [0.1, 0.15) is 0 Å². The summed E-state index contributed by atoms with van der Waals surface area (Å²) in [6.07, 6.45) is 1.29. The van der Waals surface area contributed by atoms with Crippen molar-refractivity contribution in [2.24, 2.45) is 15.3 Å². The van der Waals surface area contributed by atoms with E-state index in [-0.39, 0.29) is 12.0 Å². The molecule has 0 aliphatic carbocycles. The van der Waals surface area contributed by atoms with Gasteiger partial charge in [-0.05, 0) is 6.08 Å². The molecule has 0 fully saturated rings. The zero-order valence-electron chi connectivity index (χ0n) is 5.37. The predicted octanol–water partition coefficient (Wildman–Crippen LogP) is 0.837. The number of fused-ring (bicyclic) bond motifs is 1. The smallest absolute Gasteiger partial charge is 0.184 e. The lowest BCUT2D eigenvalue weighted by Gasteiger charge is -2.11. The Hall–Kier alpha value is -1.23. The van der Waals surface area contributed by atoms with Crippen LogP contribution >= 0.6 is 11.6 Å². The van der Waals surface area contributed by atoms with Crippen LogP contribution in [0.25, 0.3) is 0 Å². The molecule has 2 N–H and O–H groups in total. The summed E-state index contributed by atoms with van der Waals surface area (Å²) in [5, 5.41) is 18.6. The molecule has 11 heavy (non-hydrogen) atoms. The third kappa shape index (κ3) is 0.932. The van der Waals surface area contributed by atoms with Crippen LogP contribution in [0.15, 0.2) is 27.0 Å².